The molecule has 0 unspecified atom stereocenters. The number of rotatable bonds is 8. The van der Waals surface area contributed by atoms with Crippen LogP contribution in [-0.2, 0) is 20.8 Å². The molecule has 3 aliphatic heterocycles. The molecule has 36 heavy (non-hydrogen) atoms. The lowest BCUT2D eigenvalue weighted by Gasteiger charge is -2.37. The third-order valence-electron chi connectivity index (χ3n) is 8.40. The topological polar surface area (TPSA) is 30.9 Å². The number of nitrogens with zero attached hydrogens (tertiary/aromatic N) is 1. The molecule has 0 amide bonds. The fraction of sp³-hybridized carbons (Fsp3) is 0.419. The second kappa shape index (κ2) is 10.2. The lowest BCUT2D eigenvalue weighted by molar-refractivity contribution is -0.101. The van der Waals surface area contributed by atoms with Gasteiger partial charge in [0.2, 0.25) is 0 Å². The standard InChI is InChI=1S/C31H37NO3Si/c1-36(2,26-16-10-5-11-17-26)22-28-30-29(34-31(35-30)24-14-8-4-9-15-24)27-19-18-25(32(27)28)21-33-20-23-12-6-3-7-13-23/h3-17,25,27-31H,18-22H2,1-2H3/t25-,27+,28+,29-,30+,31-/m0/s1. The summed E-state index contributed by atoms with van der Waals surface area (Å²) in [6.45, 7) is 6.44. The number of hydrogen-bond acceptors (Lipinski definition) is 4. The summed E-state index contributed by atoms with van der Waals surface area (Å²) in [5, 5.41) is 1.51. The highest BCUT2D eigenvalue weighted by Gasteiger charge is 2.60. The van der Waals surface area contributed by atoms with E-state index in [9.17, 15) is 0 Å². The average Bonchev–Trinajstić information content (AvgIpc) is 3.60. The minimum Gasteiger partial charge on any atom is -0.375 e. The van der Waals surface area contributed by atoms with Crippen molar-refractivity contribution in [3.05, 3.63) is 102 Å². The minimum atomic E-state index is -1.70. The largest absolute Gasteiger partial charge is 0.375 e. The van der Waals surface area contributed by atoms with Crippen LogP contribution in [0.15, 0.2) is 91.0 Å². The Morgan fingerprint density at radius 1 is 0.806 bits per heavy atom. The van der Waals surface area contributed by atoms with Gasteiger partial charge in [-0.3, -0.25) is 4.90 Å². The van der Waals surface area contributed by atoms with Gasteiger partial charge in [-0.15, -0.1) is 0 Å². The molecular weight excluding hydrogens is 462 g/mol. The first kappa shape index (κ1) is 24.1. The molecule has 0 radical (unpaired) electrons. The number of benzene rings is 3. The molecule has 0 bridgehead atoms. The molecule has 3 aromatic carbocycles. The lowest BCUT2D eigenvalue weighted by Crippen LogP contribution is -2.52. The van der Waals surface area contributed by atoms with Crippen LogP contribution in [0.5, 0.6) is 0 Å². The summed E-state index contributed by atoms with van der Waals surface area (Å²) in [7, 11) is -1.70. The summed E-state index contributed by atoms with van der Waals surface area (Å²) in [5.41, 5.74) is 2.36. The van der Waals surface area contributed by atoms with Gasteiger partial charge in [0.25, 0.3) is 0 Å². The van der Waals surface area contributed by atoms with E-state index < -0.39 is 8.07 Å². The maximum Gasteiger partial charge on any atom is 0.184 e. The lowest BCUT2D eigenvalue weighted by atomic mass is 10.0. The highest BCUT2D eigenvalue weighted by atomic mass is 28.3. The van der Waals surface area contributed by atoms with Crippen molar-refractivity contribution in [2.45, 2.75) is 75.2 Å². The smallest absolute Gasteiger partial charge is 0.184 e. The van der Waals surface area contributed by atoms with E-state index in [1.807, 2.05) is 0 Å². The van der Waals surface area contributed by atoms with Gasteiger partial charge in [-0.1, -0.05) is 109 Å². The van der Waals surface area contributed by atoms with Gasteiger partial charge in [-0.05, 0) is 24.4 Å². The second-order valence-corrected chi connectivity index (χ2v) is 16.0. The molecule has 0 aromatic heterocycles. The van der Waals surface area contributed by atoms with Crippen molar-refractivity contribution in [3.63, 3.8) is 0 Å². The summed E-state index contributed by atoms with van der Waals surface area (Å²) >= 11 is 0. The second-order valence-electron chi connectivity index (χ2n) is 11.2. The molecule has 6 atom stereocenters. The van der Waals surface area contributed by atoms with Gasteiger partial charge in [0.15, 0.2) is 6.29 Å². The third kappa shape index (κ3) is 4.71. The molecule has 4 nitrogen and oxygen atoms in total. The maximum absolute atomic E-state index is 6.74. The molecule has 0 aliphatic carbocycles. The summed E-state index contributed by atoms with van der Waals surface area (Å²) in [6, 6.07) is 34.4. The monoisotopic (exact) mass is 499 g/mol. The fourth-order valence-corrected chi connectivity index (χ4v) is 9.44. The molecule has 3 fully saturated rings. The van der Waals surface area contributed by atoms with E-state index in [0.29, 0.717) is 24.7 Å². The summed E-state index contributed by atoms with van der Waals surface area (Å²) in [5.74, 6) is 0. The Hall–Kier alpha value is -2.28. The van der Waals surface area contributed by atoms with Gasteiger partial charge in [0.05, 0.1) is 21.3 Å². The van der Waals surface area contributed by atoms with Crippen molar-refractivity contribution >= 4 is 13.3 Å². The van der Waals surface area contributed by atoms with Gasteiger partial charge < -0.3 is 14.2 Å². The zero-order valence-corrected chi connectivity index (χ0v) is 22.3. The van der Waals surface area contributed by atoms with Crippen molar-refractivity contribution in [1.82, 2.24) is 4.90 Å². The van der Waals surface area contributed by atoms with Crippen LogP contribution < -0.4 is 5.19 Å². The number of hydrogen-bond donors (Lipinski definition) is 0. The molecule has 3 aromatic rings. The molecule has 0 N–H and O–H groups in total. The third-order valence-corrected chi connectivity index (χ3v) is 11.7. The van der Waals surface area contributed by atoms with E-state index in [1.54, 1.807) is 0 Å². The van der Waals surface area contributed by atoms with Gasteiger partial charge in [0.1, 0.15) is 12.2 Å². The number of ether oxygens (including phenoxy) is 3. The van der Waals surface area contributed by atoms with Crippen LogP contribution >= 0.6 is 0 Å². The van der Waals surface area contributed by atoms with Gasteiger partial charge >= 0.3 is 0 Å². The molecular formula is C31H37NO3Si. The van der Waals surface area contributed by atoms with Crippen LogP contribution in [0, 0.1) is 0 Å². The van der Waals surface area contributed by atoms with Crippen LogP contribution in [0.3, 0.4) is 0 Å². The molecule has 5 heteroatoms. The average molecular weight is 500 g/mol. The Kier molecular flexibility index (Phi) is 6.84. The first-order chi connectivity index (χ1) is 17.6. The first-order valence-electron chi connectivity index (χ1n) is 13.4. The summed E-state index contributed by atoms with van der Waals surface area (Å²) in [6.07, 6.45) is 2.27. The Balaban J connectivity index is 1.23. The van der Waals surface area contributed by atoms with E-state index in [4.69, 9.17) is 14.2 Å². The molecule has 3 heterocycles. The van der Waals surface area contributed by atoms with Crippen molar-refractivity contribution in [1.29, 1.82) is 0 Å². The van der Waals surface area contributed by atoms with Crippen LogP contribution in [0.4, 0.5) is 0 Å². The van der Waals surface area contributed by atoms with Crippen molar-refractivity contribution in [3.8, 4) is 0 Å². The Bertz CT molecular complexity index is 1130. The molecule has 0 saturated carbocycles. The SMILES string of the molecule is C[Si](C)(C[C@@H]1[C@H]2O[C@@H](c3ccccc3)O[C@H]2[C@H]2CC[C@@H](COCc3ccccc3)N21)c1ccccc1. The molecule has 188 valence electrons. The van der Waals surface area contributed by atoms with E-state index in [2.05, 4.69) is 109 Å². The highest BCUT2D eigenvalue weighted by Crippen LogP contribution is 2.49. The first-order valence-corrected chi connectivity index (χ1v) is 16.6. The predicted octanol–water partition coefficient (Wildman–Crippen LogP) is 5.52. The van der Waals surface area contributed by atoms with Gasteiger partial charge in [0, 0.05) is 23.7 Å². The highest BCUT2D eigenvalue weighted by molar-refractivity contribution is 6.89. The Labute approximate surface area is 216 Å². The quantitative estimate of drug-likeness (QED) is 0.382. The molecule has 6 rings (SSSR count). The van der Waals surface area contributed by atoms with Crippen LogP contribution in [0.2, 0.25) is 19.1 Å². The Morgan fingerprint density at radius 3 is 2.17 bits per heavy atom. The van der Waals surface area contributed by atoms with Crippen LogP contribution in [-0.4, -0.2) is 49.9 Å². The zero-order valence-electron chi connectivity index (χ0n) is 21.3. The van der Waals surface area contributed by atoms with Crippen molar-refractivity contribution in [2.24, 2.45) is 0 Å². The zero-order chi connectivity index (χ0) is 24.5. The molecule has 3 aliphatic rings. The fourth-order valence-electron chi connectivity index (χ4n) is 6.62. The molecule has 3 saturated heterocycles. The van der Waals surface area contributed by atoms with E-state index >= 15 is 0 Å². The van der Waals surface area contributed by atoms with Crippen molar-refractivity contribution in [2.75, 3.05) is 6.61 Å². The predicted molar refractivity (Wildman–Crippen MR) is 146 cm³/mol. The summed E-state index contributed by atoms with van der Waals surface area (Å²) < 4.78 is 19.7. The van der Waals surface area contributed by atoms with Gasteiger partial charge in [-0.2, -0.15) is 0 Å². The normalized spacial score (nSPS) is 29.8. The maximum atomic E-state index is 6.74. The van der Waals surface area contributed by atoms with Crippen LogP contribution in [0.25, 0.3) is 0 Å². The Morgan fingerprint density at radius 2 is 1.44 bits per heavy atom. The minimum absolute atomic E-state index is 0.104. The van der Waals surface area contributed by atoms with Gasteiger partial charge in [-0.25, -0.2) is 0 Å². The number of fused-ring (bicyclic) bond motifs is 3. The van der Waals surface area contributed by atoms with Crippen molar-refractivity contribution < 1.29 is 14.2 Å². The van der Waals surface area contributed by atoms with E-state index in [-0.39, 0.29) is 18.5 Å². The van der Waals surface area contributed by atoms with E-state index in [1.165, 1.54) is 10.8 Å². The molecule has 0 spiro atoms. The van der Waals surface area contributed by atoms with E-state index in [0.717, 1.165) is 31.1 Å². The summed E-state index contributed by atoms with van der Waals surface area (Å²) in [4.78, 5) is 2.75. The van der Waals surface area contributed by atoms with Crippen LogP contribution in [0.1, 0.15) is 30.3 Å².